The fraction of sp³-hybridized carbons (Fsp3) is 0.667. The lowest BCUT2D eigenvalue weighted by molar-refractivity contribution is -0.144. The van der Waals surface area contributed by atoms with Crippen LogP contribution in [0, 0.1) is 12.8 Å². The van der Waals surface area contributed by atoms with Crippen molar-refractivity contribution in [3.05, 3.63) is 17.0 Å². The number of carbonyl (C=O) groups is 1. The van der Waals surface area contributed by atoms with Gasteiger partial charge in [-0.25, -0.2) is 8.42 Å². The second-order valence-corrected chi connectivity index (χ2v) is 9.44. The zero-order chi connectivity index (χ0) is 15.9. The predicted molar refractivity (Wildman–Crippen MR) is 84.2 cm³/mol. The van der Waals surface area contributed by atoms with Crippen molar-refractivity contribution in [3.8, 4) is 0 Å². The number of hydrogen-bond acceptors (Lipinski definition) is 5. The molecule has 1 aliphatic heterocycles. The van der Waals surface area contributed by atoms with Gasteiger partial charge < -0.3 is 4.74 Å². The van der Waals surface area contributed by atoms with Gasteiger partial charge in [-0.15, -0.1) is 11.3 Å². The maximum Gasteiger partial charge on any atom is 0.324 e. The Bertz CT molecular complexity index is 667. The third-order valence-corrected chi connectivity index (χ3v) is 8.15. The molecule has 1 aromatic heterocycles. The summed E-state index contributed by atoms with van der Waals surface area (Å²) >= 11 is 1.26. The molecular formula is C15H21NO4S2. The Morgan fingerprint density at radius 3 is 2.68 bits per heavy atom. The molecule has 1 aromatic rings. The normalized spacial score (nSPS) is 29.3. The minimum Gasteiger partial charge on any atom is -0.468 e. The fourth-order valence-electron chi connectivity index (χ4n) is 3.76. The standard InChI is InChI=1S/C15H21NO4S2/c1-10-7-8-14(21-10)22(18,19)16-12-6-4-3-5-11(12)9-13(16)15(17)20-2/h7-8,11-13H,3-6,9H2,1-2H3/t11-,12+,13+/m1/s1. The highest BCUT2D eigenvalue weighted by Crippen LogP contribution is 2.43. The minimum absolute atomic E-state index is 0.0646. The van der Waals surface area contributed by atoms with Gasteiger partial charge in [0, 0.05) is 10.9 Å². The summed E-state index contributed by atoms with van der Waals surface area (Å²) in [4.78, 5) is 13.1. The Hall–Kier alpha value is -0.920. The molecule has 0 unspecified atom stereocenters. The second-order valence-electron chi connectivity index (χ2n) is 6.09. The Kier molecular flexibility index (Phi) is 4.31. The number of hydrogen-bond donors (Lipinski definition) is 0. The van der Waals surface area contributed by atoms with Gasteiger partial charge in [-0.2, -0.15) is 4.31 Å². The Balaban J connectivity index is 2.01. The number of sulfonamides is 1. The number of ether oxygens (including phenoxy) is 1. The Morgan fingerprint density at radius 1 is 1.32 bits per heavy atom. The van der Waals surface area contributed by atoms with Gasteiger partial charge in [-0.05, 0) is 44.2 Å². The number of fused-ring (bicyclic) bond motifs is 1. The summed E-state index contributed by atoms with van der Waals surface area (Å²) in [6.07, 6.45) is 4.54. The van der Waals surface area contributed by atoms with Crippen molar-refractivity contribution in [2.75, 3.05) is 7.11 Å². The molecule has 122 valence electrons. The van der Waals surface area contributed by atoms with E-state index in [2.05, 4.69) is 0 Å². The molecule has 0 N–H and O–H groups in total. The van der Waals surface area contributed by atoms with E-state index < -0.39 is 22.0 Å². The number of aryl methyl sites for hydroxylation is 1. The molecule has 5 nitrogen and oxygen atoms in total. The van der Waals surface area contributed by atoms with Crippen molar-refractivity contribution in [1.29, 1.82) is 0 Å². The van der Waals surface area contributed by atoms with Crippen LogP contribution < -0.4 is 0 Å². The maximum absolute atomic E-state index is 13.1. The second kappa shape index (κ2) is 5.94. The molecule has 2 aliphatic rings. The number of carbonyl (C=O) groups excluding carboxylic acids is 1. The third-order valence-electron chi connectivity index (χ3n) is 4.75. The summed E-state index contributed by atoms with van der Waals surface area (Å²) in [5.74, 6) is -0.167. The van der Waals surface area contributed by atoms with E-state index in [1.54, 1.807) is 12.1 Å². The van der Waals surface area contributed by atoms with Crippen LogP contribution in [0.5, 0.6) is 0 Å². The van der Waals surface area contributed by atoms with Crippen molar-refractivity contribution in [2.45, 2.75) is 55.3 Å². The summed E-state index contributed by atoms with van der Waals surface area (Å²) in [6, 6.07) is 2.70. The maximum atomic E-state index is 13.1. The first-order chi connectivity index (χ1) is 10.4. The van der Waals surface area contributed by atoms with E-state index >= 15 is 0 Å². The first-order valence-electron chi connectivity index (χ1n) is 7.63. The van der Waals surface area contributed by atoms with Gasteiger partial charge in [0.2, 0.25) is 0 Å². The average Bonchev–Trinajstić information content (AvgIpc) is 3.10. The number of nitrogens with zero attached hydrogens (tertiary/aromatic N) is 1. The molecule has 1 saturated carbocycles. The van der Waals surface area contributed by atoms with Crippen molar-refractivity contribution in [3.63, 3.8) is 0 Å². The van der Waals surface area contributed by atoms with E-state index in [0.29, 0.717) is 10.6 Å². The van der Waals surface area contributed by atoms with E-state index in [4.69, 9.17) is 4.74 Å². The van der Waals surface area contributed by atoms with E-state index in [0.717, 1.165) is 30.6 Å². The number of rotatable bonds is 3. The van der Waals surface area contributed by atoms with Crippen LogP contribution >= 0.6 is 11.3 Å². The summed E-state index contributed by atoms with van der Waals surface area (Å²) in [6.45, 7) is 1.88. The zero-order valence-corrected chi connectivity index (χ0v) is 14.5. The number of esters is 1. The molecule has 22 heavy (non-hydrogen) atoms. The topological polar surface area (TPSA) is 63.7 Å². The van der Waals surface area contributed by atoms with Crippen LogP contribution in [0.3, 0.4) is 0 Å². The first kappa shape index (κ1) is 16.0. The molecular weight excluding hydrogens is 322 g/mol. The minimum atomic E-state index is -3.64. The summed E-state index contributed by atoms with van der Waals surface area (Å²) < 4.78 is 32.8. The van der Waals surface area contributed by atoms with Gasteiger partial charge in [0.15, 0.2) is 0 Å². The highest BCUT2D eigenvalue weighted by Gasteiger charge is 2.51. The average molecular weight is 343 g/mol. The third kappa shape index (κ3) is 2.59. The quantitative estimate of drug-likeness (QED) is 0.791. The van der Waals surface area contributed by atoms with Crippen LogP contribution in [0.1, 0.15) is 37.0 Å². The smallest absolute Gasteiger partial charge is 0.324 e. The monoisotopic (exact) mass is 343 g/mol. The molecule has 1 aliphatic carbocycles. The van der Waals surface area contributed by atoms with Gasteiger partial charge >= 0.3 is 5.97 Å². The molecule has 3 rings (SSSR count). The van der Waals surface area contributed by atoms with Crippen molar-refractivity contribution < 1.29 is 17.9 Å². The highest BCUT2D eigenvalue weighted by molar-refractivity contribution is 7.91. The van der Waals surface area contributed by atoms with Crippen LogP contribution in [-0.4, -0.2) is 37.9 Å². The number of methoxy groups -OCH3 is 1. The summed E-state index contributed by atoms with van der Waals surface area (Å²) in [5, 5.41) is 0. The molecule has 0 bridgehead atoms. The van der Waals surface area contributed by atoms with Gasteiger partial charge in [0.25, 0.3) is 10.0 Å². The van der Waals surface area contributed by atoms with Gasteiger partial charge in [0.1, 0.15) is 10.3 Å². The lowest BCUT2D eigenvalue weighted by atomic mass is 9.85. The van der Waals surface area contributed by atoms with Crippen molar-refractivity contribution >= 4 is 27.3 Å². The lowest BCUT2D eigenvalue weighted by Gasteiger charge is -2.31. The zero-order valence-electron chi connectivity index (χ0n) is 12.8. The van der Waals surface area contributed by atoms with Crippen LogP contribution in [0.2, 0.25) is 0 Å². The van der Waals surface area contributed by atoms with Crippen LogP contribution in [-0.2, 0) is 19.6 Å². The largest absolute Gasteiger partial charge is 0.468 e. The molecule has 2 fully saturated rings. The van der Waals surface area contributed by atoms with Gasteiger partial charge in [-0.3, -0.25) is 4.79 Å². The van der Waals surface area contributed by atoms with Crippen LogP contribution in [0.15, 0.2) is 16.3 Å². The number of thiophene rings is 1. The van der Waals surface area contributed by atoms with E-state index in [-0.39, 0.29) is 12.0 Å². The SMILES string of the molecule is COC(=O)[C@@H]1C[C@H]2CCCC[C@@H]2N1S(=O)(=O)c1ccc(C)s1. The summed E-state index contributed by atoms with van der Waals surface area (Å²) in [7, 11) is -2.32. The fourth-order valence-corrected chi connectivity index (χ4v) is 7.01. The highest BCUT2D eigenvalue weighted by atomic mass is 32.2. The molecule has 0 spiro atoms. The molecule has 1 saturated heterocycles. The first-order valence-corrected chi connectivity index (χ1v) is 9.88. The van der Waals surface area contributed by atoms with E-state index in [1.165, 1.54) is 22.8 Å². The van der Waals surface area contributed by atoms with E-state index in [1.807, 2.05) is 6.92 Å². The van der Waals surface area contributed by atoms with Gasteiger partial charge in [-0.1, -0.05) is 12.8 Å². The molecule has 0 amide bonds. The molecule has 0 aromatic carbocycles. The van der Waals surface area contributed by atoms with Crippen LogP contribution in [0.4, 0.5) is 0 Å². The lowest BCUT2D eigenvalue weighted by Crippen LogP contribution is -2.46. The van der Waals surface area contributed by atoms with Gasteiger partial charge in [0.05, 0.1) is 7.11 Å². The van der Waals surface area contributed by atoms with Crippen molar-refractivity contribution in [2.24, 2.45) is 5.92 Å². The Labute approximate surface area is 135 Å². The van der Waals surface area contributed by atoms with Crippen LogP contribution in [0.25, 0.3) is 0 Å². The van der Waals surface area contributed by atoms with Crippen molar-refractivity contribution in [1.82, 2.24) is 4.31 Å². The molecule has 7 heteroatoms. The summed E-state index contributed by atoms with van der Waals surface area (Å²) in [5.41, 5.74) is 0. The Morgan fingerprint density at radius 2 is 2.05 bits per heavy atom. The molecule has 0 radical (unpaired) electrons. The van der Waals surface area contributed by atoms with E-state index in [9.17, 15) is 13.2 Å². The molecule has 3 atom stereocenters. The predicted octanol–water partition coefficient (Wildman–Crippen LogP) is 2.55. The molecule has 2 heterocycles.